The normalized spacial score (nSPS) is 9.70. The molecule has 1 aromatic carbocycles. The summed E-state index contributed by atoms with van der Waals surface area (Å²) in [6.07, 6.45) is 1.86. The van der Waals surface area contributed by atoms with Crippen LogP contribution in [0, 0.1) is 18.8 Å². The molecule has 1 amide bonds. The standard InChI is InChI=1S/C15H14N2O3/c1-11-10-13(6-5-12(11)4-2-3-9-18)17-15(19)14-7-8-16-20-14/h5-8,10,18H,3,9H2,1H3,(H,17,19). The maximum atomic E-state index is 11.8. The first-order chi connectivity index (χ1) is 9.70. The Morgan fingerprint density at radius 2 is 2.30 bits per heavy atom. The number of aliphatic hydroxyl groups excluding tert-OH is 1. The molecule has 102 valence electrons. The number of carbonyl (C=O) groups is 1. The second-order valence-corrected chi connectivity index (χ2v) is 4.14. The number of benzene rings is 1. The van der Waals surface area contributed by atoms with E-state index in [0.29, 0.717) is 12.1 Å². The molecule has 5 nitrogen and oxygen atoms in total. The number of aliphatic hydroxyl groups is 1. The highest BCUT2D eigenvalue weighted by Gasteiger charge is 2.10. The third-order valence-electron chi connectivity index (χ3n) is 2.61. The number of hydrogen-bond acceptors (Lipinski definition) is 4. The predicted molar refractivity (Wildman–Crippen MR) is 74.2 cm³/mol. The number of aromatic nitrogens is 1. The van der Waals surface area contributed by atoms with E-state index < -0.39 is 0 Å². The van der Waals surface area contributed by atoms with Crippen molar-refractivity contribution in [2.24, 2.45) is 0 Å². The molecule has 0 spiro atoms. The first-order valence-electron chi connectivity index (χ1n) is 6.13. The van der Waals surface area contributed by atoms with Crippen LogP contribution >= 0.6 is 0 Å². The molecule has 2 aromatic rings. The molecule has 5 heteroatoms. The van der Waals surface area contributed by atoms with Gasteiger partial charge in [0.25, 0.3) is 5.91 Å². The van der Waals surface area contributed by atoms with Crippen molar-refractivity contribution < 1.29 is 14.4 Å². The smallest absolute Gasteiger partial charge is 0.294 e. The predicted octanol–water partition coefficient (Wildman–Crippen LogP) is 1.97. The molecule has 0 aliphatic rings. The number of carbonyl (C=O) groups excluding carboxylic acids is 1. The number of anilines is 1. The Bertz CT molecular complexity index is 651. The molecule has 0 radical (unpaired) electrons. The van der Waals surface area contributed by atoms with E-state index in [0.717, 1.165) is 11.1 Å². The van der Waals surface area contributed by atoms with Gasteiger partial charge in [-0.1, -0.05) is 17.0 Å². The average molecular weight is 270 g/mol. The van der Waals surface area contributed by atoms with Crippen molar-refractivity contribution in [3.05, 3.63) is 47.3 Å². The zero-order valence-electron chi connectivity index (χ0n) is 11.0. The van der Waals surface area contributed by atoms with E-state index in [-0.39, 0.29) is 18.3 Å². The van der Waals surface area contributed by atoms with Crippen molar-refractivity contribution in [3.63, 3.8) is 0 Å². The number of amides is 1. The molecule has 0 aliphatic heterocycles. The summed E-state index contributed by atoms with van der Waals surface area (Å²) in [4.78, 5) is 11.8. The molecule has 1 aromatic heterocycles. The van der Waals surface area contributed by atoms with Crippen LogP contribution in [-0.4, -0.2) is 22.8 Å². The molecule has 0 atom stereocenters. The van der Waals surface area contributed by atoms with E-state index in [2.05, 4.69) is 22.3 Å². The molecule has 0 aliphatic carbocycles. The monoisotopic (exact) mass is 270 g/mol. The summed E-state index contributed by atoms with van der Waals surface area (Å²) in [5.74, 6) is 5.65. The molecule has 1 heterocycles. The minimum atomic E-state index is -0.346. The number of nitrogens with zero attached hydrogens (tertiary/aromatic N) is 1. The van der Waals surface area contributed by atoms with Crippen molar-refractivity contribution in [2.45, 2.75) is 13.3 Å². The van der Waals surface area contributed by atoms with Gasteiger partial charge in [-0.05, 0) is 30.7 Å². The maximum absolute atomic E-state index is 11.8. The summed E-state index contributed by atoms with van der Waals surface area (Å²) >= 11 is 0. The Morgan fingerprint density at radius 1 is 1.45 bits per heavy atom. The first-order valence-corrected chi connectivity index (χ1v) is 6.13. The second-order valence-electron chi connectivity index (χ2n) is 4.14. The molecule has 2 rings (SSSR count). The minimum absolute atomic E-state index is 0.0529. The van der Waals surface area contributed by atoms with Gasteiger partial charge in [-0.15, -0.1) is 0 Å². The Morgan fingerprint density at radius 3 is 2.95 bits per heavy atom. The third kappa shape index (κ3) is 3.46. The molecule has 0 fully saturated rings. The molecule has 0 saturated heterocycles. The molecule has 2 N–H and O–H groups in total. The van der Waals surface area contributed by atoms with Crippen molar-refractivity contribution in [3.8, 4) is 11.8 Å². The molecule has 0 unspecified atom stereocenters. The lowest BCUT2D eigenvalue weighted by Crippen LogP contribution is -2.11. The van der Waals surface area contributed by atoms with Gasteiger partial charge in [0.15, 0.2) is 0 Å². The molecule has 0 saturated carbocycles. The fraction of sp³-hybridized carbons (Fsp3) is 0.200. The van der Waals surface area contributed by atoms with Gasteiger partial charge in [0.1, 0.15) is 0 Å². The van der Waals surface area contributed by atoms with Gasteiger partial charge < -0.3 is 14.9 Å². The van der Waals surface area contributed by atoms with Gasteiger partial charge in [-0.2, -0.15) is 0 Å². The lowest BCUT2D eigenvalue weighted by Gasteiger charge is -2.05. The lowest BCUT2D eigenvalue weighted by molar-refractivity contribution is 0.0988. The van der Waals surface area contributed by atoms with Crippen LogP contribution in [0.5, 0.6) is 0 Å². The topological polar surface area (TPSA) is 75.4 Å². The number of rotatable bonds is 3. The van der Waals surface area contributed by atoms with E-state index in [1.54, 1.807) is 6.07 Å². The number of nitrogens with one attached hydrogen (secondary N) is 1. The van der Waals surface area contributed by atoms with Crippen LogP contribution < -0.4 is 5.32 Å². The minimum Gasteiger partial charge on any atom is -0.395 e. The van der Waals surface area contributed by atoms with Gasteiger partial charge in [0, 0.05) is 23.7 Å². The van der Waals surface area contributed by atoms with Crippen LogP contribution in [0.2, 0.25) is 0 Å². The van der Waals surface area contributed by atoms with E-state index in [9.17, 15) is 4.79 Å². The summed E-state index contributed by atoms with van der Waals surface area (Å²) in [6, 6.07) is 6.92. The Balaban J connectivity index is 2.10. The van der Waals surface area contributed by atoms with Crippen LogP contribution in [0.4, 0.5) is 5.69 Å². The molecule has 0 bridgehead atoms. The van der Waals surface area contributed by atoms with Gasteiger partial charge in [-0.3, -0.25) is 4.79 Å². The Labute approximate surface area is 116 Å². The van der Waals surface area contributed by atoms with E-state index >= 15 is 0 Å². The van der Waals surface area contributed by atoms with Gasteiger partial charge in [0.2, 0.25) is 5.76 Å². The molecule has 20 heavy (non-hydrogen) atoms. The lowest BCUT2D eigenvalue weighted by atomic mass is 10.1. The number of hydrogen-bond donors (Lipinski definition) is 2. The average Bonchev–Trinajstić information content (AvgIpc) is 2.95. The maximum Gasteiger partial charge on any atom is 0.294 e. The second kappa shape index (κ2) is 6.55. The van der Waals surface area contributed by atoms with E-state index in [1.807, 2.05) is 19.1 Å². The fourth-order valence-corrected chi connectivity index (χ4v) is 1.62. The zero-order chi connectivity index (χ0) is 14.4. The van der Waals surface area contributed by atoms with Gasteiger partial charge >= 0.3 is 0 Å². The Hall–Kier alpha value is -2.58. The highest BCUT2D eigenvalue weighted by atomic mass is 16.5. The van der Waals surface area contributed by atoms with Gasteiger partial charge in [0.05, 0.1) is 12.8 Å². The highest BCUT2D eigenvalue weighted by molar-refractivity contribution is 6.02. The molecular formula is C15H14N2O3. The largest absolute Gasteiger partial charge is 0.395 e. The highest BCUT2D eigenvalue weighted by Crippen LogP contribution is 2.15. The first kappa shape index (κ1) is 13.8. The van der Waals surface area contributed by atoms with Crippen molar-refractivity contribution in [1.82, 2.24) is 5.16 Å². The van der Waals surface area contributed by atoms with E-state index in [4.69, 9.17) is 9.63 Å². The van der Waals surface area contributed by atoms with Gasteiger partial charge in [-0.25, -0.2) is 0 Å². The van der Waals surface area contributed by atoms with Crippen LogP contribution in [0.1, 0.15) is 28.1 Å². The van der Waals surface area contributed by atoms with Crippen LogP contribution in [0.15, 0.2) is 35.0 Å². The van der Waals surface area contributed by atoms with Crippen molar-refractivity contribution in [1.29, 1.82) is 0 Å². The van der Waals surface area contributed by atoms with Crippen molar-refractivity contribution >= 4 is 11.6 Å². The van der Waals surface area contributed by atoms with Crippen LogP contribution in [0.3, 0.4) is 0 Å². The summed E-state index contributed by atoms with van der Waals surface area (Å²) in [7, 11) is 0. The van der Waals surface area contributed by atoms with Crippen molar-refractivity contribution in [2.75, 3.05) is 11.9 Å². The number of aryl methyl sites for hydroxylation is 1. The fourth-order valence-electron chi connectivity index (χ4n) is 1.62. The summed E-state index contributed by atoms with van der Waals surface area (Å²) in [6.45, 7) is 1.96. The quantitative estimate of drug-likeness (QED) is 0.836. The summed E-state index contributed by atoms with van der Waals surface area (Å²) in [5.41, 5.74) is 2.48. The van der Waals surface area contributed by atoms with Crippen LogP contribution in [0.25, 0.3) is 0 Å². The zero-order valence-corrected chi connectivity index (χ0v) is 11.0. The third-order valence-corrected chi connectivity index (χ3v) is 2.61. The SMILES string of the molecule is Cc1cc(NC(=O)c2ccno2)ccc1C#CCCO. The molecular weight excluding hydrogens is 256 g/mol. The van der Waals surface area contributed by atoms with Crippen LogP contribution in [-0.2, 0) is 0 Å². The van der Waals surface area contributed by atoms with E-state index in [1.165, 1.54) is 12.3 Å². The summed E-state index contributed by atoms with van der Waals surface area (Å²) in [5, 5.41) is 14.9. The summed E-state index contributed by atoms with van der Waals surface area (Å²) < 4.78 is 4.78. The Kier molecular flexibility index (Phi) is 4.53.